The molecule has 68 valence electrons. The Morgan fingerprint density at radius 2 is 1.82 bits per heavy atom. The monoisotopic (exact) mass is 157 g/mol. The van der Waals surface area contributed by atoms with E-state index in [1.54, 1.807) is 0 Å². The molecule has 0 bridgehead atoms. The average Bonchev–Trinajstić information content (AvgIpc) is 2.00. The highest BCUT2D eigenvalue weighted by Crippen LogP contribution is 2.26. The number of nitrogens with one attached hydrogen (secondary N) is 1. The standard InChI is InChI=1S/C10H23N/c1-6-9(11-5)8-10(3,4)7-2/h9,11H,6-8H2,1-5H3. The van der Waals surface area contributed by atoms with Crippen molar-refractivity contribution in [3.05, 3.63) is 0 Å². The molecule has 0 aromatic rings. The summed E-state index contributed by atoms with van der Waals surface area (Å²) in [5.74, 6) is 0. The van der Waals surface area contributed by atoms with Gasteiger partial charge in [-0.25, -0.2) is 0 Å². The van der Waals surface area contributed by atoms with E-state index in [0.29, 0.717) is 11.5 Å². The predicted octanol–water partition coefficient (Wildman–Crippen LogP) is 2.81. The highest BCUT2D eigenvalue weighted by Gasteiger charge is 2.18. The average molecular weight is 157 g/mol. The fraction of sp³-hybridized carbons (Fsp3) is 1.00. The van der Waals surface area contributed by atoms with E-state index in [4.69, 9.17) is 0 Å². The van der Waals surface area contributed by atoms with Crippen LogP contribution in [0.2, 0.25) is 0 Å². The first-order chi connectivity index (χ1) is 5.05. The largest absolute Gasteiger partial charge is 0.317 e. The Morgan fingerprint density at radius 1 is 1.27 bits per heavy atom. The number of hydrogen-bond donors (Lipinski definition) is 1. The zero-order valence-electron chi connectivity index (χ0n) is 8.70. The first-order valence-corrected chi connectivity index (χ1v) is 4.73. The van der Waals surface area contributed by atoms with Crippen molar-refractivity contribution in [2.24, 2.45) is 5.41 Å². The van der Waals surface area contributed by atoms with Crippen LogP contribution in [0.4, 0.5) is 0 Å². The molecule has 1 nitrogen and oxygen atoms in total. The maximum absolute atomic E-state index is 3.34. The van der Waals surface area contributed by atoms with Crippen LogP contribution in [0.25, 0.3) is 0 Å². The van der Waals surface area contributed by atoms with Crippen LogP contribution < -0.4 is 5.32 Å². The van der Waals surface area contributed by atoms with Gasteiger partial charge in [0.05, 0.1) is 0 Å². The summed E-state index contributed by atoms with van der Waals surface area (Å²) >= 11 is 0. The topological polar surface area (TPSA) is 12.0 Å². The van der Waals surface area contributed by atoms with Crippen molar-refractivity contribution < 1.29 is 0 Å². The molecule has 0 fully saturated rings. The molecular formula is C10H23N. The molecule has 0 aliphatic carbocycles. The minimum atomic E-state index is 0.504. The van der Waals surface area contributed by atoms with Gasteiger partial charge in [0.25, 0.3) is 0 Å². The smallest absolute Gasteiger partial charge is 0.00665 e. The Hall–Kier alpha value is -0.0400. The van der Waals surface area contributed by atoms with Crippen LogP contribution in [0.3, 0.4) is 0 Å². The molecule has 0 spiro atoms. The summed E-state index contributed by atoms with van der Waals surface area (Å²) in [6, 6.07) is 0.699. The van der Waals surface area contributed by atoms with Crippen molar-refractivity contribution in [2.75, 3.05) is 7.05 Å². The maximum Gasteiger partial charge on any atom is 0.00665 e. The third-order valence-electron chi connectivity index (χ3n) is 2.66. The Morgan fingerprint density at radius 3 is 2.09 bits per heavy atom. The Kier molecular flexibility index (Phi) is 4.74. The summed E-state index contributed by atoms with van der Waals surface area (Å²) in [7, 11) is 2.06. The van der Waals surface area contributed by atoms with Crippen molar-refractivity contribution in [2.45, 2.75) is 53.0 Å². The van der Waals surface area contributed by atoms with E-state index in [-0.39, 0.29) is 0 Å². The molecule has 1 unspecified atom stereocenters. The van der Waals surface area contributed by atoms with Gasteiger partial charge in [-0.15, -0.1) is 0 Å². The van der Waals surface area contributed by atoms with Crippen LogP contribution >= 0.6 is 0 Å². The molecule has 0 amide bonds. The van der Waals surface area contributed by atoms with Gasteiger partial charge in [0.15, 0.2) is 0 Å². The second-order valence-corrected chi connectivity index (χ2v) is 4.12. The van der Waals surface area contributed by atoms with Crippen LogP contribution in [-0.4, -0.2) is 13.1 Å². The van der Waals surface area contributed by atoms with Gasteiger partial charge in [-0.2, -0.15) is 0 Å². The highest BCUT2D eigenvalue weighted by molar-refractivity contribution is 4.74. The van der Waals surface area contributed by atoms with Crippen LogP contribution in [-0.2, 0) is 0 Å². The lowest BCUT2D eigenvalue weighted by Gasteiger charge is -2.27. The summed E-state index contributed by atoms with van der Waals surface area (Å²) in [5, 5.41) is 3.34. The molecule has 0 saturated heterocycles. The molecule has 0 aromatic carbocycles. The molecule has 0 saturated carbocycles. The first-order valence-electron chi connectivity index (χ1n) is 4.73. The molecule has 0 rings (SSSR count). The molecular weight excluding hydrogens is 134 g/mol. The minimum Gasteiger partial charge on any atom is -0.317 e. The van der Waals surface area contributed by atoms with E-state index in [1.807, 2.05) is 0 Å². The van der Waals surface area contributed by atoms with E-state index in [9.17, 15) is 0 Å². The number of rotatable bonds is 5. The lowest BCUT2D eigenvalue weighted by atomic mass is 9.83. The predicted molar refractivity (Wildman–Crippen MR) is 51.8 cm³/mol. The van der Waals surface area contributed by atoms with Crippen molar-refractivity contribution in [3.63, 3.8) is 0 Å². The highest BCUT2D eigenvalue weighted by atomic mass is 14.9. The molecule has 1 heteroatoms. The third-order valence-corrected chi connectivity index (χ3v) is 2.66. The van der Waals surface area contributed by atoms with Gasteiger partial charge >= 0.3 is 0 Å². The summed E-state index contributed by atoms with van der Waals surface area (Å²) in [5.41, 5.74) is 0.504. The zero-order valence-corrected chi connectivity index (χ0v) is 8.70. The van der Waals surface area contributed by atoms with Crippen LogP contribution in [0.1, 0.15) is 47.0 Å². The third kappa shape index (κ3) is 4.41. The summed E-state index contributed by atoms with van der Waals surface area (Å²) < 4.78 is 0. The van der Waals surface area contributed by atoms with Crippen molar-refractivity contribution in [1.82, 2.24) is 5.32 Å². The van der Waals surface area contributed by atoms with E-state index < -0.39 is 0 Å². The van der Waals surface area contributed by atoms with E-state index in [1.165, 1.54) is 19.3 Å². The van der Waals surface area contributed by atoms with Crippen LogP contribution in [0, 0.1) is 5.41 Å². The Balaban J connectivity index is 3.79. The minimum absolute atomic E-state index is 0.504. The second-order valence-electron chi connectivity index (χ2n) is 4.12. The van der Waals surface area contributed by atoms with Crippen molar-refractivity contribution in [1.29, 1.82) is 0 Å². The van der Waals surface area contributed by atoms with E-state index in [2.05, 4.69) is 40.1 Å². The summed E-state index contributed by atoms with van der Waals surface area (Å²) in [6.07, 6.45) is 3.79. The lowest BCUT2D eigenvalue weighted by molar-refractivity contribution is 0.273. The van der Waals surface area contributed by atoms with Gasteiger partial charge in [0.1, 0.15) is 0 Å². The molecule has 0 aromatic heterocycles. The van der Waals surface area contributed by atoms with Crippen LogP contribution in [0.15, 0.2) is 0 Å². The molecule has 0 aliphatic heterocycles. The molecule has 0 aliphatic rings. The van der Waals surface area contributed by atoms with Crippen molar-refractivity contribution in [3.8, 4) is 0 Å². The Labute approximate surface area is 71.6 Å². The van der Waals surface area contributed by atoms with Gasteiger partial charge in [0.2, 0.25) is 0 Å². The fourth-order valence-corrected chi connectivity index (χ4v) is 1.26. The van der Waals surface area contributed by atoms with Gasteiger partial charge in [-0.05, 0) is 25.3 Å². The van der Waals surface area contributed by atoms with Gasteiger partial charge in [-0.3, -0.25) is 0 Å². The molecule has 1 atom stereocenters. The maximum atomic E-state index is 3.34. The van der Waals surface area contributed by atoms with Gasteiger partial charge in [0, 0.05) is 6.04 Å². The molecule has 0 radical (unpaired) electrons. The molecule has 11 heavy (non-hydrogen) atoms. The number of hydrogen-bond acceptors (Lipinski definition) is 1. The van der Waals surface area contributed by atoms with Crippen LogP contribution in [0.5, 0.6) is 0 Å². The first kappa shape index (κ1) is 11.0. The zero-order chi connectivity index (χ0) is 8.91. The lowest BCUT2D eigenvalue weighted by Crippen LogP contribution is -2.30. The normalized spacial score (nSPS) is 15.0. The van der Waals surface area contributed by atoms with Gasteiger partial charge < -0.3 is 5.32 Å². The fourth-order valence-electron chi connectivity index (χ4n) is 1.26. The van der Waals surface area contributed by atoms with Gasteiger partial charge in [-0.1, -0.05) is 34.1 Å². The van der Waals surface area contributed by atoms with Crippen molar-refractivity contribution >= 4 is 0 Å². The Bertz CT molecular complexity index is 93.0. The molecule has 0 heterocycles. The second kappa shape index (κ2) is 4.76. The summed E-state index contributed by atoms with van der Waals surface area (Å²) in [6.45, 7) is 9.19. The summed E-state index contributed by atoms with van der Waals surface area (Å²) in [4.78, 5) is 0. The van der Waals surface area contributed by atoms with E-state index in [0.717, 1.165) is 0 Å². The quantitative estimate of drug-likeness (QED) is 0.647. The molecule has 1 N–H and O–H groups in total. The van der Waals surface area contributed by atoms with E-state index >= 15 is 0 Å². The SMILES string of the molecule is CCC(CC(C)(C)CC)NC.